The Bertz CT molecular complexity index is 271. The van der Waals surface area contributed by atoms with Gasteiger partial charge in [-0.2, -0.15) is 0 Å². The zero-order valence-corrected chi connectivity index (χ0v) is 7.43. The molecule has 1 N–H and O–H groups in total. The molecule has 2 rings (SSSR count). The average molecular weight is 162 g/mol. The van der Waals surface area contributed by atoms with Crippen molar-refractivity contribution in [2.75, 3.05) is 0 Å². The van der Waals surface area contributed by atoms with Crippen LogP contribution in [-0.2, 0) is 12.8 Å². The van der Waals surface area contributed by atoms with Crippen LogP contribution in [0, 0.1) is 6.92 Å². The fourth-order valence-corrected chi connectivity index (χ4v) is 2.03. The number of fused-ring (bicyclic) bond motifs is 1. The molecule has 0 unspecified atom stereocenters. The largest absolute Gasteiger partial charge is 0.508 e. The molecule has 0 radical (unpaired) electrons. The normalized spacial score (nSPS) is 15.8. The summed E-state index contributed by atoms with van der Waals surface area (Å²) in [6.45, 7) is 2.13. The van der Waals surface area contributed by atoms with E-state index < -0.39 is 0 Å². The van der Waals surface area contributed by atoms with Gasteiger partial charge in [-0.3, -0.25) is 0 Å². The van der Waals surface area contributed by atoms with Gasteiger partial charge < -0.3 is 5.11 Å². The van der Waals surface area contributed by atoms with Gasteiger partial charge in [-0.05, 0) is 55.4 Å². The lowest BCUT2D eigenvalue weighted by atomic mass is 9.88. The molecule has 0 saturated carbocycles. The van der Waals surface area contributed by atoms with E-state index in [1.165, 1.54) is 29.5 Å². The maximum absolute atomic E-state index is 9.58. The summed E-state index contributed by atoms with van der Waals surface area (Å²) in [6.07, 6.45) is 4.71. The molecule has 0 heterocycles. The van der Waals surface area contributed by atoms with Gasteiger partial charge in [0.15, 0.2) is 0 Å². The van der Waals surface area contributed by atoms with Crippen LogP contribution in [0.5, 0.6) is 5.75 Å². The Morgan fingerprint density at radius 3 is 2.42 bits per heavy atom. The van der Waals surface area contributed by atoms with Crippen molar-refractivity contribution < 1.29 is 5.11 Å². The predicted octanol–water partition coefficient (Wildman–Crippen LogP) is 2.58. The van der Waals surface area contributed by atoms with Gasteiger partial charge in [0.2, 0.25) is 0 Å². The molecule has 0 saturated heterocycles. The molecule has 1 aromatic carbocycles. The van der Waals surface area contributed by atoms with Crippen molar-refractivity contribution in [3.05, 3.63) is 28.8 Å². The predicted molar refractivity (Wildman–Crippen MR) is 49.5 cm³/mol. The van der Waals surface area contributed by atoms with E-state index >= 15 is 0 Å². The van der Waals surface area contributed by atoms with Gasteiger partial charge in [-0.1, -0.05) is 6.07 Å². The second kappa shape index (κ2) is 2.81. The first-order chi connectivity index (χ1) is 5.79. The van der Waals surface area contributed by atoms with E-state index in [1.807, 2.05) is 12.1 Å². The van der Waals surface area contributed by atoms with Crippen LogP contribution in [0.2, 0.25) is 0 Å². The minimum atomic E-state index is 0.496. The molecule has 1 nitrogen and oxygen atoms in total. The first-order valence-electron chi connectivity index (χ1n) is 4.59. The third kappa shape index (κ3) is 1.09. The molecule has 1 aliphatic carbocycles. The van der Waals surface area contributed by atoms with Crippen LogP contribution in [0.15, 0.2) is 12.1 Å². The summed E-state index contributed by atoms with van der Waals surface area (Å²) in [5, 5.41) is 9.58. The van der Waals surface area contributed by atoms with Crippen molar-refractivity contribution in [1.82, 2.24) is 0 Å². The van der Waals surface area contributed by atoms with Crippen LogP contribution in [0.3, 0.4) is 0 Å². The molecule has 0 aliphatic heterocycles. The molecule has 0 amide bonds. The minimum absolute atomic E-state index is 0.496. The first-order valence-corrected chi connectivity index (χ1v) is 4.59. The average Bonchev–Trinajstić information content (AvgIpc) is 2.12. The van der Waals surface area contributed by atoms with Gasteiger partial charge in [0, 0.05) is 0 Å². The van der Waals surface area contributed by atoms with Gasteiger partial charge in [0.25, 0.3) is 0 Å². The summed E-state index contributed by atoms with van der Waals surface area (Å²) >= 11 is 0. The Morgan fingerprint density at radius 1 is 1.08 bits per heavy atom. The third-order valence-corrected chi connectivity index (χ3v) is 2.74. The molecule has 0 bridgehead atoms. The highest BCUT2D eigenvalue weighted by atomic mass is 16.3. The molecule has 12 heavy (non-hydrogen) atoms. The second-order valence-corrected chi connectivity index (χ2v) is 3.57. The van der Waals surface area contributed by atoms with Crippen molar-refractivity contribution in [2.45, 2.75) is 32.6 Å². The SMILES string of the molecule is Cc1ccc(O)c2c1CCCC2. The van der Waals surface area contributed by atoms with Gasteiger partial charge in [-0.25, -0.2) is 0 Å². The summed E-state index contributed by atoms with van der Waals surface area (Å²) < 4.78 is 0. The summed E-state index contributed by atoms with van der Waals surface area (Å²) in [5.41, 5.74) is 3.92. The Labute approximate surface area is 73.0 Å². The van der Waals surface area contributed by atoms with Crippen molar-refractivity contribution in [2.24, 2.45) is 0 Å². The zero-order valence-electron chi connectivity index (χ0n) is 7.43. The van der Waals surface area contributed by atoms with Crippen LogP contribution in [0.1, 0.15) is 29.5 Å². The van der Waals surface area contributed by atoms with Gasteiger partial charge in [0.05, 0.1) is 0 Å². The number of hydrogen-bond acceptors (Lipinski definition) is 1. The van der Waals surface area contributed by atoms with Crippen LogP contribution in [0.25, 0.3) is 0 Å². The maximum Gasteiger partial charge on any atom is 0.119 e. The highest BCUT2D eigenvalue weighted by molar-refractivity contribution is 5.45. The maximum atomic E-state index is 9.58. The minimum Gasteiger partial charge on any atom is -0.508 e. The lowest BCUT2D eigenvalue weighted by Crippen LogP contribution is -2.04. The van der Waals surface area contributed by atoms with Gasteiger partial charge >= 0.3 is 0 Å². The molecule has 64 valence electrons. The quantitative estimate of drug-likeness (QED) is 0.621. The molecule has 0 atom stereocenters. The smallest absolute Gasteiger partial charge is 0.119 e. The summed E-state index contributed by atoms with van der Waals surface area (Å²) in [6, 6.07) is 3.83. The molecule has 1 aliphatic rings. The zero-order chi connectivity index (χ0) is 8.55. The summed E-state index contributed by atoms with van der Waals surface area (Å²) in [7, 11) is 0. The number of phenolic OH excluding ortho intramolecular Hbond substituents is 1. The molecular weight excluding hydrogens is 148 g/mol. The Kier molecular flexibility index (Phi) is 1.80. The van der Waals surface area contributed by atoms with Crippen molar-refractivity contribution in [1.29, 1.82) is 0 Å². The molecule has 0 fully saturated rings. The standard InChI is InChI=1S/C11H14O/c1-8-6-7-11(12)10-5-3-2-4-9(8)10/h6-7,12H,2-5H2,1H3. The highest BCUT2D eigenvalue weighted by Gasteiger charge is 2.14. The number of aryl methyl sites for hydroxylation is 1. The monoisotopic (exact) mass is 162 g/mol. The van der Waals surface area contributed by atoms with Gasteiger partial charge in [0.1, 0.15) is 5.75 Å². The fourth-order valence-electron chi connectivity index (χ4n) is 2.03. The van der Waals surface area contributed by atoms with Crippen LogP contribution >= 0.6 is 0 Å². The van der Waals surface area contributed by atoms with Crippen molar-refractivity contribution in [3.63, 3.8) is 0 Å². The second-order valence-electron chi connectivity index (χ2n) is 3.57. The van der Waals surface area contributed by atoms with E-state index in [2.05, 4.69) is 6.92 Å². The van der Waals surface area contributed by atoms with Crippen molar-refractivity contribution >= 4 is 0 Å². The molecule has 1 heteroatoms. The third-order valence-electron chi connectivity index (χ3n) is 2.74. The van der Waals surface area contributed by atoms with Crippen LogP contribution < -0.4 is 0 Å². The molecule has 0 aromatic heterocycles. The molecule has 0 spiro atoms. The first kappa shape index (κ1) is 7.66. The summed E-state index contributed by atoms with van der Waals surface area (Å²) in [4.78, 5) is 0. The Morgan fingerprint density at radius 2 is 1.75 bits per heavy atom. The Hall–Kier alpha value is -0.980. The van der Waals surface area contributed by atoms with E-state index in [0.717, 1.165) is 12.8 Å². The van der Waals surface area contributed by atoms with Crippen LogP contribution in [0.4, 0.5) is 0 Å². The molecule has 1 aromatic rings. The number of benzene rings is 1. The number of rotatable bonds is 0. The topological polar surface area (TPSA) is 20.2 Å². The highest BCUT2D eigenvalue weighted by Crippen LogP contribution is 2.30. The lowest BCUT2D eigenvalue weighted by Gasteiger charge is -2.18. The van der Waals surface area contributed by atoms with E-state index in [0.29, 0.717) is 5.75 Å². The lowest BCUT2D eigenvalue weighted by molar-refractivity contribution is 0.461. The van der Waals surface area contributed by atoms with Gasteiger partial charge in [-0.15, -0.1) is 0 Å². The molecular formula is C11H14O. The van der Waals surface area contributed by atoms with E-state index in [9.17, 15) is 5.11 Å². The fraction of sp³-hybridized carbons (Fsp3) is 0.455. The van der Waals surface area contributed by atoms with E-state index in [4.69, 9.17) is 0 Å². The van der Waals surface area contributed by atoms with E-state index in [1.54, 1.807) is 0 Å². The number of aromatic hydroxyl groups is 1. The summed E-state index contributed by atoms with van der Waals surface area (Å²) in [5.74, 6) is 0.496. The van der Waals surface area contributed by atoms with Crippen LogP contribution in [-0.4, -0.2) is 5.11 Å². The number of phenols is 1. The van der Waals surface area contributed by atoms with Crippen molar-refractivity contribution in [3.8, 4) is 5.75 Å². The van der Waals surface area contributed by atoms with E-state index in [-0.39, 0.29) is 0 Å². The number of hydrogen-bond donors (Lipinski definition) is 1. The Balaban J connectivity index is 2.57.